The van der Waals surface area contributed by atoms with Crippen LogP contribution >= 0.6 is 0 Å². The van der Waals surface area contributed by atoms with Crippen molar-refractivity contribution in [2.75, 3.05) is 13.7 Å². The molecule has 0 spiro atoms. The molecule has 0 bridgehead atoms. The third kappa shape index (κ3) is 4.10. The van der Waals surface area contributed by atoms with Crippen molar-refractivity contribution in [3.05, 3.63) is 82.1 Å². The summed E-state index contributed by atoms with van der Waals surface area (Å²) in [5, 5.41) is 10.6. The SMILES string of the molecule is COC(=O)c1cc2c(cc1O)C(c1ccc(C)cc1C)N(C(=O)CCc1cocn1)CC2. The fourth-order valence-corrected chi connectivity index (χ4v) is 4.41. The van der Waals surface area contributed by atoms with Crippen molar-refractivity contribution in [1.29, 1.82) is 0 Å². The van der Waals surface area contributed by atoms with E-state index < -0.39 is 5.97 Å². The van der Waals surface area contributed by atoms with Gasteiger partial charge in [-0.15, -0.1) is 0 Å². The van der Waals surface area contributed by atoms with Gasteiger partial charge in [0.2, 0.25) is 5.91 Å². The number of phenolic OH excluding ortho intramolecular Hbond substituents is 1. The molecule has 1 aromatic heterocycles. The molecule has 0 aliphatic carbocycles. The number of aryl methyl sites for hydroxylation is 3. The van der Waals surface area contributed by atoms with Crippen LogP contribution in [-0.4, -0.2) is 40.5 Å². The molecular weight excluding hydrogens is 408 g/mol. The predicted octanol–water partition coefficient (Wildman–Crippen LogP) is 3.89. The molecule has 166 valence electrons. The third-order valence-electron chi connectivity index (χ3n) is 6.01. The normalized spacial score (nSPS) is 15.3. The molecule has 0 saturated carbocycles. The molecule has 1 aliphatic rings. The van der Waals surface area contributed by atoms with E-state index in [1.165, 1.54) is 13.5 Å². The lowest BCUT2D eigenvalue weighted by Gasteiger charge is -2.39. The Morgan fingerprint density at radius 1 is 1.22 bits per heavy atom. The van der Waals surface area contributed by atoms with E-state index in [2.05, 4.69) is 11.1 Å². The van der Waals surface area contributed by atoms with Gasteiger partial charge in [-0.3, -0.25) is 4.79 Å². The molecule has 32 heavy (non-hydrogen) atoms. The van der Waals surface area contributed by atoms with E-state index in [-0.39, 0.29) is 23.3 Å². The molecule has 4 rings (SSSR count). The van der Waals surface area contributed by atoms with Gasteiger partial charge in [-0.25, -0.2) is 9.78 Å². The van der Waals surface area contributed by atoms with Gasteiger partial charge < -0.3 is 19.2 Å². The zero-order valence-corrected chi connectivity index (χ0v) is 18.4. The molecular formula is C25H26N2O5. The van der Waals surface area contributed by atoms with Crippen LogP contribution in [0, 0.1) is 13.8 Å². The Hall–Kier alpha value is -3.61. The van der Waals surface area contributed by atoms with Gasteiger partial charge >= 0.3 is 5.97 Å². The van der Waals surface area contributed by atoms with E-state index in [0.29, 0.717) is 25.8 Å². The van der Waals surface area contributed by atoms with Crippen LogP contribution in [0.5, 0.6) is 5.75 Å². The van der Waals surface area contributed by atoms with E-state index in [1.807, 2.05) is 30.9 Å². The lowest BCUT2D eigenvalue weighted by Crippen LogP contribution is -2.41. The van der Waals surface area contributed by atoms with Crippen molar-refractivity contribution >= 4 is 11.9 Å². The molecule has 3 aromatic rings. The Labute approximate surface area is 186 Å². The number of amides is 1. The van der Waals surface area contributed by atoms with Crippen LogP contribution in [0.25, 0.3) is 0 Å². The van der Waals surface area contributed by atoms with Crippen molar-refractivity contribution in [3.63, 3.8) is 0 Å². The van der Waals surface area contributed by atoms with Gasteiger partial charge in [-0.05, 0) is 54.7 Å². The number of methoxy groups -OCH3 is 1. The Morgan fingerprint density at radius 2 is 2.03 bits per heavy atom. The number of carbonyl (C=O) groups is 2. The molecule has 0 fully saturated rings. The molecule has 2 heterocycles. The molecule has 1 N–H and O–H groups in total. The van der Waals surface area contributed by atoms with E-state index in [4.69, 9.17) is 9.15 Å². The molecule has 7 heteroatoms. The Kier molecular flexibility index (Phi) is 5.99. The minimum absolute atomic E-state index is 0.000147. The molecule has 1 atom stereocenters. The van der Waals surface area contributed by atoms with Crippen LogP contribution in [0.2, 0.25) is 0 Å². The van der Waals surface area contributed by atoms with Crippen LogP contribution < -0.4 is 0 Å². The highest BCUT2D eigenvalue weighted by atomic mass is 16.5. The quantitative estimate of drug-likeness (QED) is 0.613. The number of phenols is 1. The summed E-state index contributed by atoms with van der Waals surface area (Å²) in [6.45, 7) is 4.56. The van der Waals surface area contributed by atoms with Crippen LogP contribution in [0.1, 0.15) is 56.3 Å². The van der Waals surface area contributed by atoms with Crippen molar-refractivity contribution in [3.8, 4) is 5.75 Å². The second kappa shape index (κ2) is 8.86. The molecule has 7 nitrogen and oxygen atoms in total. The second-order valence-corrected chi connectivity index (χ2v) is 8.14. The Morgan fingerprint density at radius 3 is 2.72 bits per heavy atom. The first-order valence-corrected chi connectivity index (χ1v) is 10.6. The van der Waals surface area contributed by atoms with E-state index in [1.54, 1.807) is 18.4 Å². The highest BCUT2D eigenvalue weighted by Gasteiger charge is 2.34. The van der Waals surface area contributed by atoms with Gasteiger partial charge in [-0.2, -0.15) is 0 Å². The number of esters is 1. The molecule has 1 unspecified atom stereocenters. The highest BCUT2D eigenvalue weighted by molar-refractivity contribution is 5.93. The van der Waals surface area contributed by atoms with Gasteiger partial charge in [0, 0.05) is 19.4 Å². The number of hydrogen-bond acceptors (Lipinski definition) is 6. The Balaban J connectivity index is 1.75. The number of rotatable bonds is 5. The van der Waals surface area contributed by atoms with Gasteiger partial charge in [0.05, 0.1) is 18.8 Å². The van der Waals surface area contributed by atoms with E-state index in [9.17, 15) is 14.7 Å². The number of oxazole rings is 1. The van der Waals surface area contributed by atoms with Crippen molar-refractivity contribution in [2.24, 2.45) is 0 Å². The maximum Gasteiger partial charge on any atom is 0.341 e. The number of ether oxygens (including phenoxy) is 1. The van der Waals surface area contributed by atoms with Gasteiger partial charge in [0.1, 0.15) is 17.6 Å². The lowest BCUT2D eigenvalue weighted by molar-refractivity contribution is -0.133. The number of hydrogen-bond donors (Lipinski definition) is 1. The summed E-state index contributed by atoms with van der Waals surface area (Å²) in [7, 11) is 1.29. The molecule has 2 aromatic carbocycles. The zero-order valence-electron chi connectivity index (χ0n) is 18.4. The molecule has 0 saturated heterocycles. The third-order valence-corrected chi connectivity index (χ3v) is 6.01. The fraction of sp³-hybridized carbons (Fsp3) is 0.320. The van der Waals surface area contributed by atoms with Crippen LogP contribution in [0.3, 0.4) is 0 Å². The minimum atomic E-state index is -0.584. The summed E-state index contributed by atoms with van der Waals surface area (Å²) < 4.78 is 9.81. The maximum absolute atomic E-state index is 13.3. The maximum atomic E-state index is 13.3. The number of nitrogens with zero attached hydrogens (tertiary/aromatic N) is 2. The summed E-state index contributed by atoms with van der Waals surface area (Å²) >= 11 is 0. The first kappa shape index (κ1) is 21.6. The van der Waals surface area contributed by atoms with Crippen LogP contribution in [0.15, 0.2) is 47.4 Å². The number of aromatic nitrogens is 1. The molecule has 1 amide bonds. The highest BCUT2D eigenvalue weighted by Crippen LogP contribution is 2.40. The molecule has 1 aliphatic heterocycles. The summed E-state index contributed by atoms with van der Waals surface area (Å²) in [4.78, 5) is 31.3. The zero-order chi connectivity index (χ0) is 22.8. The van der Waals surface area contributed by atoms with E-state index in [0.717, 1.165) is 33.5 Å². The summed E-state index contributed by atoms with van der Waals surface area (Å²) in [6.07, 6.45) is 4.28. The van der Waals surface area contributed by atoms with Crippen molar-refractivity contribution < 1.29 is 23.8 Å². The largest absolute Gasteiger partial charge is 0.507 e. The Bertz CT molecular complexity index is 1150. The van der Waals surface area contributed by atoms with Crippen molar-refractivity contribution in [2.45, 2.75) is 39.2 Å². The predicted molar refractivity (Wildman–Crippen MR) is 117 cm³/mol. The monoisotopic (exact) mass is 434 g/mol. The topological polar surface area (TPSA) is 92.9 Å². The van der Waals surface area contributed by atoms with Crippen LogP contribution in [0.4, 0.5) is 0 Å². The number of carbonyl (C=O) groups excluding carboxylic acids is 2. The molecule has 0 radical (unpaired) electrons. The summed E-state index contributed by atoms with van der Waals surface area (Å²) in [5.41, 5.74) is 5.81. The number of aromatic hydroxyl groups is 1. The van der Waals surface area contributed by atoms with Crippen LogP contribution in [-0.2, 0) is 22.4 Å². The second-order valence-electron chi connectivity index (χ2n) is 8.14. The first-order chi connectivity index (χ1) is 15.4. The first-order valence-electron chi connectivity index (χ1n) is 10.6. The number of fused-ring (bicyclic) bond motifs is 1. The van der Waals surface area contributed by atoms with Gasteiger partial charge in [-0.1, -0.05) is 23.8 Å². The van der Waals surface area contributed by atoms with Gasteiger partial charge in [0.15, 0.2) is 6.39 Å². The van der Waals surface area contributed by atoms with Crippen molar-refractivity contribution in [1.82, 2.24) is 9.88 Å². The summed E-state index contributed by atoms with van der Waals surface area (Å²) in [6, 6.07) is 9.07. The number of benzene rings is 2. The minimum Gasteiger partial charge on any atom is -0.507 e. The fourth-order valence-electron chi connectivity index (χ4n) is 4.41. The average molecular weight is 434 g/mol. The average Bonchev–Trinajstić information content (AvgIpc) is 3.30. The lowest BCUT2D eigenvalue weighted by atomic mass is 9.84. The smallest absolute Gasteiger partial charge is 0.341 e. The standard InChI is InChI=1S/C25H26N2O5/c1-15-4-6-19(16(2)10-15)24-20-12-22(28)21(25(30)31-3)11-17(20)8-9-27(24)23(29)7-5-18-13-32-14-26-18/h4,6,10-14,24,28H,5,7-9H2,1-3H3. The summed E-state index contributed by atoms with van der Waals surface area (Å²) in [5.74, 6) is -0.734. The van der Waals surface area contributed by atoms with Gasteiger partial charge in [0.25, 0.3) is 0 Å². The van der Waals surface area contributed by atoms with E-state index >= 15 is 0 Å².